The first-order valence-electron chi connectivity index (χ1n) is 6.63. The van der Waals surface area contributed by atoms with Crippen LogP contribution in [0.4, 0.5) is 0 Å². The van der Waals surface area contributed by atoms with E-state index in [1.165, 1.54) is 6.08 Å². The fourth-order valence-corrected chi connectivity index (χ4v) is 1.77. The van der Waals surface area contributed by atoms with Gasteiger partial charge in [0.2, 0.25) is 5.91 Å². The molecule has 20 heavy (non-hydrogen) atoms. The third-order valence-electron chi connectivity index (χ3n) is 2.82. The van der Waals surface area contributed by atoms with Crippen molar-refractivity contribution >= 4 is 5.91 Å². The van der Waals surface area contributed by atoms with Crippen LogP contribution in [0.2, 0.25) is 0 Å². The van der Waals surface area contributed by atoms with Crippen LogP contribution in [0, 0.1) is 6.92 Å². The Balaban J connectivity index is 2.52. The monoisotopic (exact) mass is 277 g/mol. The molecule has 1 atom stereocenters. The molecular formula is C15H23N3O2. The second kappa shape index (κ2) is 7.77. The van der Waals surface area contributed by atoms with Crippen LogP contribution >= 0.6 is 0 Å². The van der Waals surface area contributed by atoms with Gasteiger partial charge in [-0.2, -0.15) is 0 Å². The second-order valence-corrected chi connectivity index (χ2v) is 5.04. The molecule has 5 heteroatoms. The van der Waals surface area contributed by atoms with E-state index in [1.807, 2.05) is 44.1 Å². The van der Waals surface area contributed by atoms with Crippen molar-refractivity contribution in [3.63, 3.8) is 0 Å². The summed E-state index contributed by atoms with van der Waals surface area (Å²) in [5.41, 5.74) is 2.38. The van der Waals surface area contributed by atoms with Gasteiger partial charge in [-0.3, -0.25) is 9.78 Å². The number of aromatic nitrogens is 1. The molecule has 1 aromatic heterocycles. The van der Waals surface area contributed by atoms with Crippen LogP contribution in [0.3, 0.4) is 0 Å². The molecule has 0 aliphatic heterocycles. The highest BCUT2D eigenvalue weighted by Gasteiger charge is 2.07. The predicted octanol–water partition coefficient (Wildman–Crippen LogP) is 1.18. The molecule has 0 radical (unpaired) electrons. The van der Waals surface area contributed by atoms with E-state index in [4.69, 9.17) is 0 Å². The van der Waals surface area contributed by atoms with E-state index in [1.54, 1.807) is 6.92 Å². The highest BCUT2D eigenvalue weighted by atomic mass is 16.3. The van der Waals surface area contributed by atoms with Crippen LogP contribution in [-0.2, 0) is 11.3 Å². The van der Waals surface area contributed by atoms with E-state index in [-0.39, 0.29) is 5.91 Å². The average Bonchev–Trinajstić information content (AvgIpc) is 2.35. The molecule has 1 amide bonds. The number of aryl methyl sites for hydroxylation is 1. The zero-order valence-electron chi connectivity index (χ0n) is 12.6. The Kier molecular flexibility index (Phi) is 6.35. The minimum atomic E-state index is -0.528. The molecule has 5 nitrogen and oxygen atoms in total. The fourth-order valence-electron chi connectivity index (χ4n) is 1.77. The molecule has 0 aliphatic rings. The summed E-state index contributed by atoms with van der Waals surface area (Å²) in [6, 6.07) is 3.66. The number of rotatable bonds is 6. The molecule has 0 saturated carbocycles. The summed E-state index contributed by atoms with van der Waals surface area (Å²) in [4.78, 5) is 17.9. The fraction of sp³-hybridized carbons (Fsp3) is 0.467. The van der Waals surface area contributed by atoms with Crippen molar-refractivity contribution in [2.75, 3.05) is 20.6 Å². The minimum Gasteiger partial charge on any atom is -0.389 e. The molecule has 1 rings (SSSR count). The Morgan fingerprint density at radius 1 is 1.50 bits per heavy atom. The van der Waals surface area contributed by atoms with Gasteiger partial charge >= 0.3 is 0 Å². The number of carbonyl (C=O) groups is 1. The SMILES string of the molecule is Cc1nc(CNC(=O)/C=C/CN(C)C)ccc1C(C)O. The zero-order chi connectivity index (χ0) is 15.1. The van der Waals surface area contributed by atoms with Crippen molar-refractivity contribution in [3.05, 3.63) is 41.2 Å². The van der Waals surface area contributed by atoms with Crippen molar-refractivity contribution in [3.8, 4) is 0 Å². The third kappa shape index (κ3) is 5.50. The van der Waals surface area contributed by atoms with E-state index in [2.05, 4.69) is 10.3 Å². The number of pyridine rings is 1. The molecule has 1 heterocycles. The molecule has 110 valence electrons. The van der Waals surface area contributed by atoms with Crippen LogP contribution < -0.4 is 5.32 Å². The Morgan fingerprint density at radius 2 is 2.20 bits per heavy atom. The molecule has 1 unspecified atom stereocenters. The van der Waals surface area contributed by atoms with Gasteiger partial charge in [0, 0.05) is 23.9 Å². The lowest BCUT2D eigenvalue weighted by molar-refractivity contribution is -0.116. The van der Waals surface area contributed by atoms with Gasteiger partial charge in [0.25, 0.3) is 0 Å². The largest absolute Gasteiger partial charge is 0.389 e. The molecule has 0 spiro atoms. The molecule has 2 N–H and O–H groups in total. The van der Waals surface area contributed by atoms with Crippen molar-refractivity contribution in [2.45, 2.75) is 26.5 Å². The number of nitrogens with zero attached hydrogens (tertiary/aromatic N) is 2. The molecule has 1 aromatic rings. The van der Waals surface area contributed by atoms with E-state index in [0.717, 1.165) is 23.5 Å². The Hall–Kier alpha value is -1.72. The van der Waals surface area contributed by atoms with Crippen molar-refractivity contribution in [1.29, 1.82) is 0 Å². The van der Waals surface area contributed by atoms with Gasteiger partial charge in [0.05, 0.1) is 18.3 Å². The van der Waals surface area contributed by atoms with Gasteiger partial charge in [-0.15, -0.1) is 0 Å². The van der Waals surface area contributed by atoms with Gasteiger partial charge in [0.15, 0.2) is 0 Å². The maximum atomic E-state index is 11.6. The highest BCUT2D eigenvalue weighted by Crippen LogP contribution is 2.15. The number of hydrogen-bond acceptors (Lipinski definition) is 4. The zero-order valence-corrected chi connectivity index (χ0v) is 12.6. The summed E-state index contributed by atoms with van der Waals surface area (Å²) in [7, 11) is 3.89. The second-order valence-electron chi connectivity index (χ2n) is 5.04. The third-order valence-corrected chi connectivity index (χ3v) is 2.82. The number of carbonyl (C=O) groups excluding carboxylic acids is 1. The van der Waals surface area contributed by atoms with Crippen LogP contribution in [0.1, 0.15) is 30.0 Å². The van der Waals surface area contributed by atoms with E-state index >= 15 is 0 Å². The average molecular weight is 277 g/mol. The highest BCUT2D eigenvalue weighted by molar-refractivity contribution is 5.87. The van der Waals surface area contributed by atoms with E-state index in [9.17, 15) is 9.90 Å². The summed E-state index contributed by atoms with van der Waals surface area (Å²) >= 11 is 0. The Bertz CT molecular complexity index is 482. The van der Waals surface area contributed by atoms with Crippen LogP contribution in [0.25, 0.3) is 0 Å². The number of amides is 1. The smallest absolute Gasteiger partial charge is 0.244 e. The quantitative estimate of drug-likeness (QED) is 0.766. The lowest BCUT2D eigenvalue weighted by Crippen LogP contribution is -2.22. The topological polar surface area (TPSA) is 65.5 Å². The Labute approximate surface area is 120 Å². The van der Waals surface area contributed by atoms with Gasteiger partial charge in [-0.1, -0.05) is 12.1 Å². The minimum absolute atomic E-state index is 0.133. The standard InChI is InChI=1S/C15H23N3O2/c1-11-14(12(2)19)8-7-13(17-11)10-16-15(20)6-5-9-18(3)4/h5-8,12,19H,9-10H2,1-4H3,(H,16,20)/b6-5+. The first-order valence-corrected chi connectivity index (χ1v) is 6.63. The van der Waals surface area contributed by atoms with Crippen LogP contribution in [-0.4, -0.2) is 41.5 Å². The number of hydrogen-bond donors (Lipinski definition) is 2. The van der Waals surface area contributed by atoms with Crippen molar-refractivity contribution in [1.82, 2.24) is 15.2 Å². The summed E-state index contributed by atoms with van der Waals surface area (Å²) in [6.45, 7) is 4.67. The molecule has 0 aromatic carbocycles. The number of aliphatic hydroxyl groups is 1. The number of aliphatic hydroxyl groups excluding tert-OH is 1. The van der Waals surface area contributed by atoms with E-state index in [0.29, 0.717) is 6.54 Å². The maximum absolute atomic E-state index is 11.6. The molecule has 0 fully saturated rings. The lowest BCUT2D eigenvalue weighted by Gasteiger charge is -2.10. The summed E-state index contributed by atoms with van der Waals surface area (Å²) < 4.78 is 0. The predicted molar refractivity (Wildman–Crippen MR) is 79.1 cm³/mol. The summed E-state index contributed by atoms with van der Waals surface area (Å²) in [6.07, 6.45) is 2.81. The van der Waals surface area contributed by atoms with Crippen LogP contribution in [0.5, 0.6) is 0 Å². The molecule has 0 bridgehead atoms. The first kappa shape index (κ1) is 16.3. The van der Waals surface area contributed by atoms with E-state index < -0.39 is 6.10 Å². The van der Waals surface area contributed by atoms with Gasteiger partial charge in [-0.05, 0) is 34.0 Å². The maximum Gasteiger partial charge on any atom is 0.244 e. The summed E-state index contributed by atoms with van der Waals surface area (Å²) in [5, 5.41) is 12.3. The van der Waals surface area contributed by atoms with Gasteiger partial charge < -0.3 is 15.3 Å². The van der Waals surface area contributed by atoms with Gasteiger partial charge in [0.1, 0.15) is 0 Å². The summed E-state index contributed by atoms with van der Waals surface area (Å²) in [5.74, 6) is -0.133. The number of likely N-dealkylation sites (N-methyl/N-ethyl adjacent to an activating group) is 1. The molecule has 0 saturated heterocycles. The normalized spacial score (nSPS) is 12.9. The van der Waals surface area contributed by atoms with Crippen molar-refractivity contribution < 1.29 is 9.90 Å². The molecule has 0 aliphatic carbocycles. The van der Waals surface area contributed by atoms with Crippen molar-refractivity contribution in [2.24, 2.45) is 0 Å². The molecular weight excluding hydrogens is 254 g/mol. The first-order chi connectivity index (χ1) is 9.40. The van der Waals surface area contributed by atoms with Gasteiger partial charge in [-0.25, -0.2) is 0 Å². The Morgan fingerprint density at radius 3 is 2.75 bits per heavy atom. The lowest BCUT2D eigenvalue weighted by atomic mass is 10.1. The van der Waals surface area contributed by atoms with Crippen LogP contribution in [0.15, 0.2) is 24.3 Å². The number of nitrogens with one attached hydrogen (secondary N) is 1.